The van der Waals surface area contributed by atoms with Crippen LogP contribution in [-0.4, -0.2) is 42.7 Å². The Morgan fingerprint density at radius 1 is 1.00 bits per heavy atom. The highest BCUT2D eigenvalue weighted by atomic mass is 32.2. The molecular formula is C26H31NO6S. The standard InChI is InChI=1S/C26H31NO6S/c1-3-4-5-6-24(28)33-17-20(19-9-13-21(31-2)14-10-19)16-32-22-11-7-18(8-12-22)15-23-25(29)27-26(30)34-23/h7-14,20,23H,3-6,15-17H2,1-2H3,(H,27,29,30)/t20-,23?/m0/s1. The number of imide groups is 1. The summed E-state index contributed by atoms with van der Waals surface area (Å²) in [5.41, 5.74) is 1.94. The molecule has 1 aliphatic rings. The lowest BCUT2D eigenvalue weighted by atomic mass is 10.0. The molecule has 0 aromatic heterocycles. The molecule has 34 heavy (non-hydrogen) atoms. The number of hydrogen-bond acceptors (Lipinski definition) is 7. The second-order valence-electron chi connectivity index (χ2n) is 8.15. The minimum Gasteiger partial charge on any atom is -0.497 e. The van der Waals surface area contributed by atoms with Crippen molar-refractivity contribution in [1.29, 1.82) is 0 Å². The average molecular weight is 486 g/mol. The first kappa shape index (κ1) is 25.6. The van der Waals surface area contributed by atoms with Crippen molar-refractivity contribution in [3.8, 4) is 11.5 Å². The summed E-state index contributed by atoms with van der Waals surface area (Å²) in [5.74, 6) is 0.860. The van der Waals surface area contributed by atoms with E-state index in [0.717, 1.165) is 47.9 Å². The highest BCUT2D eigenvalue weighted by Crippen LogP contribution is 2.25. The van der Waals surface area contributed by atoms with E-state index in [1.807, 2.05) is 48.5 Å². The monoisotopic (exact) mass is 485 g/mol. The molecule has 2 amide bonds. The molecule has 1 saturated heterocycles. The summed E-state index contributed by atoms with van der Waals surface area (Å²) in [6.45, 7) is 2.67. The molecule has 0 aliphatic carbocycles. The zero-order valence-corrected chi connectivity index (χ0v) is 20.4. The molecule has 3 rings (SSSR count). The smallest absolute Gasteiger partial charge is 0.305 e. The van der Waals surface area contributed by atoms with Gasteiger partial charge in [0.25, 0.3) is 5.24 Å². The molecule has 1 fully saturated rings. The Labute approximate surface area is 204 Å². The van der Waals surface area contributed by atoms with Gasteiger partial charge < -0.3 is 14.2 Å². The predicted octanol–water partition coefficient (Wildman–Crippen LogP) is 4.88. The fourth-order valence-electron chi connectivity index (χ4n) is 3.56. The van der Waals surface area contributed by atoms with Gasteiger partial charge >= 0.3 is 5.97 Å². The number of unbranched alkanes of at least 4 members (excludes halogenated alkanes) is 2. The first-order valence-electron chi connectivity index (χ1n) is 11.5. The first-order valence-corrected chi connectivity index (χ1v) is 12.4. The van der Waals surface area contributed by atoms with Gasteiger partial charge in [-0.25, -0.2) is 0 Å². The first-order chi connectivity index (χ1) is 16.5. The molecule has 1 N–H and O–H groups in total. The molecule has 7 nitrogen and oxygen atoms in total. The van der Waals surface area contributed by atoms with E-state index in [4.69, 9.17) is 14.2 Å². The van der Waals surface area contributed by atoms with Crippen LogP contribution in [0.3, 0.4) is 0 Å². The number of amides is 2. The average Bonchev–Trinajstić information content (AvgIpc) is 3.16. The quantitative estimate of drug-likeness (QED) is 0.319. The van der Waals surface area contributed by atoms with Crippen molar-refractivity contribution >= 4 is 28.9 Å². The molecule has 0 spiro atoms. The summed E-state index contributed by atoms with van der Waals surface area (Å²) >= 11 is 1.02. The minimum atomic E-state index is -0.397. The lowest BCUT2D eigenvalue weighted by Crippen LogP contribution is -2.25. The van der Waals surface area contributed by atoms with Crippen LogP contribution in [0.15, 0.2) is 48.5 Å². The molecule has 0 radical (unpaired) electrons. The lowest BCUT2D eigenvalue weighted by Gasteiger charge is -2.19. The molecule has 2 aromatic carbocycles. The fraction of sp³-hybridized carbons (Fsp3) is 0.423. The maximum absolute atomic E-state index is 12.1. The van der Waals surface area contributed by atoms with Crippen molar-refractivity contribution < 1.29 is 28.6 Å². The van der Waals surface area contributed by atoms with Crippen molar-refractivity contribution in [1.82, 2.24) is 5.32 Å². The lowest BCUT2D eigenvalue weighted by molar-refractivity contribution is -0.144. The number of esters is 1. The van der Waals surface area contributed by atoms with Gasteiger partial charge in [0, 0.05) is 6.42 Å². The Kier molecular flexibility index (Phi) is 9.82. The van der Waals surface area contributed by atoms with Gasteiger partial charge in [-0.1, -0.05) is 55.8 Å². The number of ether oxygens (including phenoxy) is 3. The van der Waals surface area contributed by atoms with Crippen LogP contribution >= 0.6 is 11.8 Å². The zero-order valence-electron chi connectivity index (χ0n) is 19.6. The van der Waals surface area contributed by atoms with Gasteiger partial charge in [-0.3, -0.25) is 19.7 Å². The van der Waals surface area contributed by atoms with Crippen LogP contribution in [0.2, 0.25) is 0 Å². The molecule has 8 heteroatoms. The van der Waals surface area contributed by atoms with E-state index < -0.39 is 5.25 Å². The van der Waals surface area contributed by atoms with Crippen LogP contribution in [0.25, 0.3) is 0 Å². The molecule has 182 valence electrons. The summed E-state index contributed by atoms with van der Waals surface area (Å²) in [5, 5.41) is 1.61. The van der Waals surface area contributed by atoms with Crippen LogP contribution in [-0.2, 0) is 20.7 Å². The molecular weight excluding hydrogens is 454 g/mol. The third kappa shape index (κ3) is 7.80. The van der Waals surface area contributed by atoms with Crippen molar-refractivity contribution in [2.24, 2.45) is 0 Å². The number of benzene rings is 2. The Morgan fingerprint density at radius 3 is 2.32 bits per heavy atom. The van der Waals surface area contributed by atoms with E-state index in [0.29, 0.717) is 25.2 Å². The Balaban J connectivity index is 1.58. The number of carbonyl (C=O) groups is 3. The fourth-order valence-corrected chi connectivity index (χ4v) is 4.42. The Morgan fingerprint density at radius 2 is 1.71 bits per heavy atom. The molecule has 1 unspecified atom stereocenters. The van der Waals surface area contributed by atoms with Crippen molar-refractivity contribution in [3.63, 3.8) is 0 Å². The number of methoxy groups -OCH3 is 1. The SMILES string of the molecule is CCCCCC(=O)OC[C@H](COc1ccc(CC2SC(=O)NC2=O)cc1)c1ccc(OC)cc1. The van der Waals surface area contributed by atoms with Crippen molar-refractivity contribution in [2.75, 3.05) is 20.3 Å². The highest BCUT2D eigenvalue weighted by molar-refractivity contribution is 8.15. The van der Waals surface area contributed by atoms with Crippen LogP contribution in [0.1, 0.15) is 49.7 Å². The molecule has 1 heterocycles. The Bertz CT molecular complexity index is 960. The van der Waals surface area contributed by atoms with Gasteiger partial charge in [0.15, 0.2) is 0 Å². The molecule has 2 atom stereocenters. The van der Waals surface area contributed by atoms with E-state index in [2.05, 4.69) is 12.2 Å². The summed E-state index contributed by atoms with van der Waals surface area (Å²) in [4.78, 5) is 35.2. The second-order valence-corrected chi connectivity index (χ2v) is 9.33. The third-order valence-electron chi connectivity index (χ3n) is 5.58. The van der Waals surface area contributed by atoms with Crippen LogP contribution in [0, 0.1) is 0 Å². The van der Waals surface area contributed by atoms with E-state index >= 15 is 0 Å². The number of hydrogen-bond donors (Lipinski definition) is 1. The third-order valence-corrected chi connectivity index (χ3v) is 6.56. The van der Waals surface area contributed by atoms with Gasteiger partial charge in [-0.2, -0.15) is 0 Å². The van der Waals surface area contributed by atoms with E-state index in [-0.39, 0.29) is 29.6 Å². The van der Waals surface area contributed by atoms with Crippen LogP contribution in [0.5, 0.6) is 11.5 Å². The maximum atomic E-state index is 12.1. The molecule has 1 aliphatic heterocycles. The number of carbonyl (C=O) groups excluding carboxylic acids is 3. The normalized spacial score (nSPS) is 16.1. The predicted molar refractivity (Wildman–Crippen MR) is 131 cm³/mol. The number of thioether (sulfide) groups is 1. The maximum Gasteiger partial charge on any atom is 0.305 e. The van der Waals surface area contributed by atoms with E-state index in [1.165, 1.54) is 0 Å². The van der Waals surface area contributed by atoms with Crippen LogP contribution in [0.4, 0.5) is 4.79 Å². The second kappa shape index (κ2) is 13.0. The number of nitrogens with one attached hydrogen (secondary N) is 1. The Hall–Kier alpha value is -3.00. The summed E-state index contributed by atoms with van der Waals surface area (Å²) < 4.78 is 16.8. The van der Waals surface area contributed by atoms with Crippen LogP contribution < -0.4 is 14.8 Å². The van der Waals surface area contributed by atoms with Crippen molar-refractivity contribution in [2.45, 2.75) is 50.2 Å². The molecule has 0 bridgehead atoms. The van der Waals surface area contributed by atoms with Gasteiger partial charge in [-0.05, 0) is 48.2 Å². The number of rotatable bonds is 13. The highest BCUT2D eigenvalue weighted by Gasteiger charge is 2.31. The van der Waals surface area contributed by atoms with Gasteiger partial charge in [-0.15, -0.1) is 0 Å². The zero-order chi connectivity index (χ0) is 24.3. The van der Waals surface area contributed by atoms with Crippen molar-refractivity contribution in [3.05, 3.63) is 59.7 Å². The van der Waals surface area contributed by atoms with Gasteiger partial charge in [0.05, 0.1) is 24.9 Å². The summed E-state index contributed by atoms with van der Waals surface area (Å²) in [6, 6.07) is 15.1. The molecule has 2 aromatic rings. The minimum absolute atomic E-state index is 0.134. The largest absolute Gasteiger partial charge is 0.497 e. The molecule has 0 saturated carbocycles. The van der Waals surface area contributed by atoms with E-state index in [9.17, 15) is 14.4 Å². The van der Waals surface area contributed by atoms with E-state index in [1.54, 1.807) is 7.11 Å². The summed E-state index contributed by atoms with van der Waals surface area (Å²) in [7, 11) is 1.62. The topological polar surface area (TPSA) is 90.9 Å². The van der Waals surface area contributed by atoms with Gasteiger partial charge in [0.2, 0.25) is 5.91 Å². The summed E-state index contributed by atoms with van der Waals surface area (Å²) in [6.07, 6.45) is 3.80. The van der Waals surface area contributed by atoms with Gasteiger partial charge in [0.1, 0.15) is 18.1 Å².